The van der Waals surface area contributed by atoms with Crippen LogP contribution in [0.5, 0.6) is 0 Å². The normalized spacial score (nSPS) is 14.7. The predicted molar refractivity (Wildman–Crippen MR) is 160 cm³/mol. The minimum Gasteiger partial charge on any atom is -0.417 e. The van der Waals surface area contributed by atoms with Gasteiger partial charge in [0.15, 0.2) is 8.32 Å². The van der Waals surface area contributed by atoms with Crippen molar-refractivity contribution in [1.82, 2.24) is 18.7 Å². The molecule has 4 aromatic rings. The lowest BCUT2D eigenvalue weighted by atomic mass is 10.0. The Morgan fingerprint density at radius 2 is 1.82 bits per heavy atom. The molecule has 204 valence electrons. The van der Waals surface area contributed by atoms with E-state index in [1.165, 1.54) is 17.3 Å². The smallest absolute Gasteiger partial charge is 0.329 e. The fourth-order valence-corrected chi connectivity index (χ4v) is 9.61. The molecule has 3 heterocycles. The molecule has 0 N–H and O–H groups in total. The third-order valence-electron chi connectivity index (χ3n) is 7.44. The molecule has 38 heavy (non-hydrogen) atoms. The van der Waals surface area contributed by atoms with Crippen molar-refractivity contribution in [1.29, 1.82) is 0 Å². The Hall–Kier alpha value is -2.35. The monoisotopic (exact) mass is 552 g/mol. The summed E-state index contributed by atoms with van der Waals surface area (Å²) in [5.41, 5.74) is 4.74. The molecule has 0 radical (unpaired) electrons. The number of aryl methyl sites for hydroxylation is 3. The van der Waals surface area contributed by atoms with Crippen LogP contribution in [0.1, 0.15) is 58.2 Å². The van der Waals surface area contributed by atoms with Gasteiger partial charge in [-0.05, 0) is 80.6 Å². The largest absolute Gasteiger partial charge is 0.417 e. The van der Waals surface area contributed by atoms with E-state index in [1.54, 1.807) is 6.20 Å². The van der Waals surface area contributed by atoms with Crippen LogP contribution in [0.4, 0.5) is 0 Å². The lowest BCUT2D eigenvalue weighted by Gasteiger charge is -2.30. The first-order valence-electron chi connectivity index (χ1n) is 14.0. The van der Waals surface area contributed by atoms with E-state index in [9.17, 15) is 4.79 Å². The summed E-state index contributed by atoms with van der Waals surface area (Å²) in [5.74, 6) is 0. The minimum atomic E-state index is -1.66. The van der Waals surface area contributed by atoms with Crippen molar-refractivity contribution in [3.8, 4) is 0 Å². The number of fused-ring (bicyclic) bond motifs is 2. The first-order valence-corrected chi connectivity index (χ1v) is 17.5. The third kappa shape index (κ3) is 6.10. The molecule has 1 aliphatic carbocycles. The van der Waals surface area contributed by atoms with E-state index < -0.39 is 8.32 Å². The highest BCUT2D eigenvalue weighted by molar-refractivity contribution is 6.71. The highest BCUT2D eigenvalue weighted by Crippen LogP contribution is 2.36. The first kappa shape index (κ1) is 27.2. The number of pyridine rings is 1. The topological polar surface area (TPSA) is 54.0 Å². The predicted octanol–water partition coefficient (Wildman–Crippen LogP) is 7.43. The second kappa shape index (κ2) is 10.7. The van der Waals surface area contributed by atoms with Crippen LogP contribution in [0.3, 0.4) is 0 Å². The van der Waals surface area contributed by atoms with Gasteiger partial charge in [-0.3, -0.25) is 14.1 Å². The summed E-state index contributed by atoms with van der Waals surface area (Å²) in [6.45, 7) is 13.9. The van der Waals surface area contributed by atoms with E-state index >= 15 is 0 Å². The van der Waals surface area contributed by atoms with Gasteiger partial charge in [0.1, 0.15) is 0 Å². The number of rotatable bonds is 11. The molecule has 0 bridgehead atoms. The number of hydrogen-bond acceptors (Lipinski definition) is 3. The Balaban J connectivity index is 1.31. The van der Waals surface area contributed by atoms with E-state index in [0.29, 0.717) is 18.0 Å². The molecule has 0 saturated heterocycles. The zero-order valence-corrected chi connectivity index (χ0v) is 25.2. The molecule has 0 aliphatic heterocycles. The van der Waals surface area contributed by atoms with E-state index in [1.807, 2.05) is 33.5 Å². The van der Waals surface area contributed by atoms with Crippen molar-refractivity contribution >= 4 is 41.9 Å². The highest BCUT2D eigenvalue weighted by Gasteiger charge is 2.30. The van der Waals surface area contributed by atoms with Crippen molar-refractivity contribution in [3.63, 3.8) is 0 Å². The van der Waals surface area contributed by atoms with Crippen molar-refractivity contribution in [2.24, 2.45) is 5.41 Å². The molecule has 0 unspecified atom stereocenters. The van der Waals surface area contributed by atoms with Crippen molar-refractivity contribution in [2.45, 2.75) is 91.1 Å². The molecule has 1 fully saturated rings. The summed E-state index contributed by atoms with van der Waals surface area (Å²) in [7, 11) is -1.66. The van der Waals surface area contributed by atoms with Gasteiger partial charge in [-0.15, -0.1) is 0 Å². The summed E-state index contributed by atoms with van der Waals surface area (Å²) in [5, 5.41) is 1.90. The summed E-state index contributed by atoms with van der Waals surface area (Å²) < 4.78 is 12.7. The van der Waals surface area contributed by atoms with Crippen molar-refractivity contribution in [2.75, 3.05) is 6.61 Å². The average molecular weight is 553 g/mol. The maximum Gasteiger partial charge on any atom is 0.329 e. The van der Waals surface area contributed by atoms with Gasteiger partial charge in [0.05, 0.1) is 17.2 Å². The molecule has 1 aliphatic rings. The van der Waals surface area contributed by atoms with Crippen molar-refractivity contribution in [3.05, 3.63) is 63.9 Å². The van der Waals surface area contributed by atoms with Gasteiger partial charge in [-0.25, -0.2) is 4.79 Å². The molecule has 0 amide bonds. The summed E-state index contributed by atoms with van der Waals surface area (Å²) in [4.78, 5) is 17.7. The maximum atomic E-state index is 13.4. The van der Waals surface area contributed by atoms with E-state index in [4.69, 9.17) is 16.0 Å². The molecule has 0 atom stereocenters. The number of imidazole rings is 1. The van der Waals surface area contributed by atoms with Gasteiger partial charge in [0.2, 0.25) is 0 Å². The Bertz CT molecular complexity index is 1490. The Kier molecular flexibility index (Phi) is 7.64. The first-order chi connectivity index (χ1) is 18.0. The lowest BCUT2D eigenvalue weighted by Crippen LogP contribution is -2.35. The van der Waals surface area contributed by atoms with Crippen LogP contribution in [0.25, 0.3) is 21.9 Å². The molecule has 8 heteroatoms. The van der Waals surface area contributed by atoms with Gasteiger partial charge in [-0.2, -0.15) is 0 Å². The number of halogens is 1. The molecule has 1 saturated carbocycles. The Morgan fingerprint density at radius 3 is 2.55 bits per heavy atom. The third-order valence-corrected chi connectivity index (χ3v) is 10.6. The second-order valence-corrected chi connectivity index (χ2v) is 17.3. The van der Waals surface area contributed by atoms with E-state index in [-0.39, 0.29) is 5.69 Å². The van der Waals surface area contributed by atoms with E-state index in [2.05, 4.69) is 55.5 Å². The molecule has 1 aromatic carbocycles. The van der Waals surface area contributed by atoms with Crippen LogP contribution in [0.15, 0.2) is 47.5 Å². The number of benzene rings is 1. The quantitative estimate of drug-likeness (QED) is 0.143. The zero-order valence-electron chi connectivity index (χ0n) is 23.5. The van der Waals surface area contributed by atoms with Gasteiger partial charge in [0.25, 0.3) is 0 Å². The maximum absolute atomic E-state index is 13.4. The molecule has 5 rings (SSSR count). The van der Waals surface area contributed by atoms with Crippen LogP contribution in [-0.4, -0.2) is 33.6 Å². The van der Waals surface area contributed by atoms with Crippen LogP contribution in [0.2, 0.25) is 24.2 Å². The molecule has 3 aromatic heterocycles. The number of aromatic nitrogens is 4. The molecule has 0 spiro atoms. The fourth-order valence-electron chi connectivity index (χ4n) is 6.07. The minimum absolute atomic E-state index is 0.0837. The van der Waals surface area contributed by atoms with Gasteiger partial charge >= 0.3 is 5.69 Å². The van der Waals surface area contributed by atoms with E-state index in [0.717, 1.165) is 66.7 Å². The SMILES string of the molecule is CC(C)(C)C[Si](C)(C)OCCCCn1c(CCn2c(=O)n(C3CC3)c3ccncc32)cc2cc(Cl)ccc21. The number of nitrogens with zero attached hydrogens (tertiary/aromatic N) is 4. The second-order valence-electron chi connectivity index (χ2n) is 12.7. The van der Waals surface area contributed by atoms with Crippen LogP contribution in [-0.2, 0) is 23.9 Å². The zero-order chi connectivity index (χ0) is 27.1. The fraction of sp³-hybridized carbons (Fsp3) is 0.533. The summed E-state index contributed by atoms with van der Waals surface area (Å²) >= 11 is 6.33. The van der Waals surface area contributed by atoms with Crippen LogP contribution >= 0.6 is 11.6 Å². The molecular weight excluding hydrogens is 512 g/mol. The van der Waals surface area contributed by atoms with Gasteiger partial charge < -0.3 is 8.99 Å². The molecule has 6 nitrogen and oxygen atoms in total. The number of hydrogen-bond donors (Lipinski definition) is 0. The van der Waals surface area contributed by atoms with Gasteiger partial charge in [0, 0.05) is 60.0 Å². The van der Waals surface area contributed by atoms with Crippen LogP contribution in [0, 0.1) is 5.41 Å². The Labute approximate surface area is 231 Å². The summed E-state index contributed by atoms with van der Waals surface area (Å²) in [6, 6.07) is 11.8. The summed E-state index contributed by atoms with van der Waals surface area (Å²) in [6.07, 6.45) is 8.62. The van der Waals surface area contributed by atoms with Crippen LogP contribution < -0.4 is 5.69 Å². The average Bonchev–Trinajstić information content (AvgIpc) is 3.54. The van der Waals surface area contributed by atoms with Crippen molar-refractivity contribution < 1.29 is 4.43 Å². The standard InChI is InChI=1S/C30H41ClN4O2Si/c1-30(2,3)21-38(4,5)37-17-7-6-15-33-25(19-22-18-23(31)8-11-26(22)33)13-16-34-28-20-32-14-12-27(28)35(29(34)36)24-9-10-24/h8,11-12,14,18-20,24H,6-7,9-10,13,15-17,21H2,1-5H3. The Morgan fingerprint density at radius 1 is 1.03 bits per heavy atom. The molecular formula is C30H41ClN4O2Si. The lowest BCUT2D eigenvalue weighted by molar-refractivity contribution is 0.280. The highest BCUT2D eigenvalue weighted by atomic mass is 35.5. The van der Waals surface area contributed by atoms with Gasteiger partial charge in [-0.1, -0.05) is 32.4 Å². The number of unbranched alkanes of at least 4 members (excludes halogenated alkanes) is 1.